The van der Waals surface area contributed by atoms with Crippen LogP contribution in [0.25, 0.3) is 0 Å². The van der Waals surface area contributed by atoms with Gasteiger partial charge in [-0.15, -0.1) is 11.6 Å². The van der Waals surface area contributed by atoms with Crippen molar-refractivity contribution >= 4 is 17.8 Å². The minimum absolute atomic E-state index is 0.298. The van der Waals surface area contributed by atoms with E-state index in [2.05, 4.69) is 4.99 Å². The van der Waals surface area contributed by atoms with Crippen molar-refractivity contribution in [2.45, 2.75) is 0 Å². The molecule has 12 heavy (non-hydrogen) atoms. The Kier molecular flexibility index (Phi) is 3.61. The van der Waals surface area contributed by atoms with E-state index in [0.717, 1.165) is 11.3 Å². The van der Waals surface area contributed by atoms with Crippen LogP contribution in [0.5, 0.6) is 5.75 Å². The molecule has 1 aromatic carbocycles. The zero-order chi connectivity index (χ0) is 8.81. The highest BCUT2D eigenvalue weighted by molar-refractivity contribution is 6.18. The Hall–Kier alpha value is -1.02. The second kappa shape index (κ2) is 4.78. The van der Waals surface area contributed by atoms with Crippen LogP contribution in [0.3, 0.4) is 0 Å². The Morgan fingerprint density at radius 1 is 1.42 bits per heavy atom. The summed E-state index contributed by atoms with van der Waals surface area (Å²) in [6.45, 7) is 0. The first kappa shape index (κ1) is 9.07. The maximum Gasteiger partial charge on any atom is 0.118 e. The second-order valence-corrected chi connectivity index (χ2v) is 2.44. The van der Waals surface area contributed by atoms with Gasteiger partial charge in [0.25, 0.3) is 0 Å². The topological polar surface area (TPSA) is 21.6 Å². The molecular formula is C9H10ClNO. The molecule has 0 aliphatic carbocycles. The molecule has 0 fully saturated rings. The second-order valence-electron chi connectivity index (χ2n) is 2.20. The maximum absolute atomic E-state index is 5.39. The van der Waals surface area contributed by atoms with Crippen molar-refractivity contribution in [3.8, 4) is 5.75 Å². The molecule has 0 heterocycles. The Morgan fingerprint density at radius 2 is 2.08 bits per heavy atom. The van der Waals surface area contributed by atoms with Crippen molar-refractivity contribution in [3.05, 3.63) is 29.8 Å². The van der Waals surface area contributed by atoms with Gasteiger partial charge in [-0.2, -0.15) is 0 Å². The molecule has 0 aliphatic heterocycles. The molecule has 2 nitrogen and oxygen atoms in total. The number of methoxy groups -OCH3 is 1. The minimum Gasteiger partial charge on any atom is -0.497 e. The van der Waals surface area contributed by atoms with E-state index in [1.54, 1.807) is 13.3 Å². The SMILES string of the molecule is COc1ccc(C=NCCl)cc1. The van der Waals surface area contributed by atoms with Crippen molar-refractivity contribution in [2.24, 2.45) is 4.99 Å². The van der Waals surface area contributed by atoms with Gasteiger partial charge in [-0.05, 0) is 29.8 Å². The highest BCUT2D eigenvalue weighted by Gasteiger charge is 1.89. The molecule has 1 aromatic rings. The zero-order valence-corrected chi connectivity index (χ0v) is 7.58. The number of benzene rings is 1. The summed E-state index contributed by atoms with van der Waals surface area (Å²) in [6, 6.07) is 7.92. The summed E-state index contributed by atoms with van der Waals surface area (Å²) in [5.74, 6) is 0.845. The summed E-state index contributed by atoms with van der Waals surface area (Å²) in [7, 11) is 1.64. The molecule has 0 atom stereocenters. The number of halogens is 1. The van der Waals surface area contributed by atoms with E-state index in [4.69, 9.17) is 16.3 Å². The maximum atomic E-state index is 5.39. The number of ether oxygens (including phenoxy) is 1. The molecule has 3 heteroatoms. The molecular weight excluding hydrogens is 174 g/mol. The van der Waals surface area contributed by atoms with Gasteiger partial charge < -0.3 is 4.74 Å². The number of hydrogen-bond acceptors (Lipinski definition) is 2. The fourth-order valence-corrected chi connectivity index (χ4v) is 0.899. The van der Waals surface area contributed by atoms with E-state index in [9.17, 15) is 0 Å². The minimum atomic E-state index is 0.298. The van der Waals surface area contributed by atoms with Crippen LogP contribution in [0.15, 0.2) is 29.3 Å². The van der Waals surface area contributed by atoms with E-state index in [1.807, 2.05) is 24.3 Å². The molecule has 0 spiro atoms. The standard InChI is InChI=1S/C9H10ClNO/c1-12-9-4-2-8(3-5-9)6-11-7-10/h2-6H,7H2,1H3. The number of nitrogens with zero attached hydrogens (tertiary/aromatic N) is 1. The molecule has 0 saturated heterocycles. The van der Waals surface area contributed by atoms with Crippen molar-refractivity contribution in [1.29, 1.82) is 0 Å². The molecule has 0 radical (unpaired) electrons. The van der Waals surface area contributed by atoms with E-state index in [0.29, 0.717) is 6.00 Å². The van der Waals surface area contributed by atoms with Gasteiger partial charge in [0.1, 0.15) is 11.8 Å². The lowest BCUT2D eigenvalue weighted by molar-refractivity contribution is 0.415. The quantitative estimate of drug-likeness (QED) is 0.400. The van der Waals surface area contributed by atoms with Crippen LogP contribution >= 0.6 is 11.6 Å². The van der Waals surface area contributed by atoms with E-state index in [-0.39, 0.29) is 0 Å². The van der Waals surface area contributed by atoms with Gasteiger partial charge in [0.05, 0.1) is 7.11 Å². The van der Waals surface area contributed by atoms with Crippen LogP contribution in [0.1, 0.15) is 5.56 Å². The average Bonchev–Trinajstić information content (AvgIpc) is 2.15. The molecule has 0 N–H and O–H groups in total. The third-order valence-electron chi connectivity index (χ3n) is 1.43. The first-order valence-electron chi connectivity index (χ1n) is 3.56. The fraction of sp³-hybridized carbons (Fsp3) is 0.222. The van der Waals surface area contributed by atoms with Gasteiger partial charge in [-0.1, -0.05) is 0 Å². The molecule has 0 unspecified atom stereocenters. The summed E-state index contributed by atoms with van der Waals surface area (Å²) in [5, 5.41) is 0. The van der Waals surface area contributed by atoms with Crippen LogP contribution in [0.2, 0.25) is 0 Å². The van der Waals surface area contributed by atoms with Crippen LogP contribution < -0.4 is 4.74 Å². The van der Waals surface area contributed by atoms with E-state index >= 15 is 0 Å². The Morgan fingerprint density at radius 3 is 2.58 bits per heavy atom. The van der Waals surface area contributed by atoms with Crippen LogP contribution in [-0.2, 0) is 0 Å². The van der Waals surface area contributed by atoms with Crippen molar-refractivity contribution in [1.82, 2.24) is 0 Å². The van der Waals surface area contributed by atoms with Gasteiger partial charge in [0.15, 0.2) is 0 Å². The van der Waals surface area contributed by atoms with E-state index < -0.39 is 0 Å². The molecule has 0 aliphatic rings. The third kappa shape index (κ3) is 2.55. The summed E-state index contributed by atoms with van der Waals surface area (Å²) in [6.07, 6.45) is 1.73. The van der Waals surface area contributed by atoms with Crippen LogP contribution in [0.4, 0.5) is 0 Å². The smallest absolute Gasteiger partial charge is 0.118 e. The predicted octanol–water partition coefficient (Wildman–Crippen LogP) is 2.31. The van der Waals surface area contributed by atoms with Gasteiger partial charge in [0, 0.05) is 6.21 Å². The fourth-order valence-electron chi connectivity index (χ4n) is 0.830. The summed E-state index contributed by atoms with van der Waals surface area (Å²) in [4.78, 5) is 3.90. The monoisotopic (exact) mass is 183 g/mol. The van der Waals surface area contributed by atoms with Gasteiger partial charge in [0.2, 0.25) is 0 Å². The lowest BCUT2D eigenvalue weighted by atomic mass is 10.2. The number of hydrogen-bond donors (Lipinski definition) is 0. The number of alkyl halides is 1. The largest absolute Gasteiger partial charge is 0.497 e. The van der Waals surface area contributed by atoms with Crippen molar-refractivity contribution in [2.75, 3.05) is 13.1 Å². The Balaban J connectivity index is 2.71. The van der Waals surface area contributed by atoms with Crippen molar-refractivity contribution in [3.63, 3.8) is 0 Å². The number of rotatable bonds is 3. The van der Waals surface area contributed by atoms with Gasteiger partial charge >= 0.3 is 0 Å². The lowest BCUT2D eigenvalue weighted by Gasteiger charge is -1.97. The normalized spacial score (nSPS) is 10.5. The van der Waals surface area contributed by atoms with Gasteiger partial charge in [-0.3, -0.25) is 4.99 Å². The third-order valence-corrected chi connectivity index (χ3v) is 1.56. The predicted molar refractivity (Wildman–Crippen MR) is 51.3 cm³/mol. The van der Waals surface area contributed by atoms with Crippen LogP contribution in [-0.4, -0.2) is 19.3 Å². The molecule has 64 valence electrons. The molecule has 0 aromatic heterocycles. The van der Waals surface area contributed by atoms with Crippen molar-refractivity contribution < 1.29 is 4.74 Å². The molecule has 1 rings (SSSR count). The first-order valence-corrected chi connectivity index (χ1v) is 4.10. The van der Waals surface area contributed by atoms with Crippen LogP contribution in [0, 0.1) is 0 Å². The number of aliphatic imine (C=N–C) groups is 1. The zero-order valence-electron chi connectivity index (χ0n) is 6.83. The summed E-state index contributed by atoms with van der Waals surface area (Å²) in [5.41, 5.74) is 1.02. The van der Waals surface area contributed by atoms with Gasteiger partial charge in [-0.25, -0.2) is 0 Å². The first-order chi connectivity index (χ1) is 5.86. The molecule has 0 amide bonds. The molecule has 0 saturated carbocycles. The lowest BCUT2D eigenvalue weighted by Crippen LogP contribution is -1.84. The Bertz CT molecular complexity index is 256. The summed E-state index contributed by atoms with van der Waals surface area (Å²) >= 11 is 5.39. The average molecular weight is 184 g/mol. The Labute approximate surface area is 76.8 Å². The highest BCUT2D eigenvalue weighted by atomic mass is 35.5. The molecule has 0 bridgehead atoms. The van der Waals surface area contributed by atoms with E-state index in [1.165, 1.54) is 0 Å². The summed E-state index contributed by atoms with van der Waals surface area (Å²) < 4.78 is 5.00. The highest BCUT2D eigenvalue weighted by Crippen LogP contribution is 2.09.